The Kier molecular flexibility index (Phi) is 2.88. The molecular weight excluding hydrogens is 248 g/mol. The molecule has 0 aliphatic carbocycles. The molecule has 0 fully saturated rings. The molecule has 2 N–H and O–H groups in total. The summed E-state index contributed by atoms with van der Waals surface area (Å²) < 4.78 is 4.94. The summed E-state index contributed by atoms with van der Waals surface area (Å²) in [6, 6.07) is -0.518. The van der Waals surface area contributed by atoms with Crippen LogP contribution in [-0.2, 0) is 4.74 Å². The van der Waals surface area contributed by atoms with Gasteiger partial charge in [-0.15, -0.1) is 0 Å². The third-order valence-electron chi connectivity index (χ3n) is 2.22. The standard InChI is InChI=1S/C9H9ClN4OS/c1-3-12-7(10)4-5(11)6(9(16)15-2)14-8(4)13-3/h5H,11H2,1-2H3. The van der Waals surface area contributed by atoms with Crippen molar-refractivity contribution in [2.24, 2.45) is 10.7 Å². The third-order valence-corrected chi connectivity index (χ3v) is 2.88. The minimum Gasteiger partial charge on any atom is -0.485 e. The molecule has 0 saturated carbocycles. The zero-order chi connectivity index (χ0) is 11.9. The average molecular weight is 257 g/mol. The van der Waals surface area contributed by atoms with Gasteiger partial charge >= 0.3 is 0 Å². The Morgan fingerprint density at radius 2 is 2.19 bits per heavy atom. The van der Waals surface area contributed by atoms with Gasteiger partial charge in [0, 0.05) is 0 Å². The van der Waals surface area contributed by atoms with Crippen LogP contribution in [0.3, 0.4) is 0 Å². The van der Waals surface area contributed by atoms with Crippen LogP contribution in [0.25, 0.3) is 0 Å². The Hall–Kier alpha value is -1.11. The smallest absolute Gasteiger partial charge is 0.207 e. The van der Waals surface area contributed by atoms with Crippen LogP contribution in [0, 0.1) is 6.92 Å². The van der Waals surface area contributed by atoms with E-state index < -0.39 is 6.04 Å². The average Bonchev–Trinajstić information content (AvgIpc) is 2.54. The van der Waals surface area contributed by atoms with Crippen molar-refractivity contribution in [1.29, 1.82) is 0 Å². The molecule has 1 aliphatic rings. The van der Waals surface area contributed by atoms with Crippen molar-refractivity contribution in [3.63, 3.8) is 0 Å². The normalized spacial score (nSPS) is 18.0. The fraction of sp³-hybridized carbons (Fsp3) is 0.333. The highest BCUT2D eigenvalue weighted by Gasteiger charge is 2.31. The van der Waals surface area contributed by atoms with E-state index in [0.29, 0.717) is 28.1 Å². The van der Waals surface area contributed by atoms with Gasteiger partial charge in [0.25, 0.3) is 0 Å². The van der Waals surface area contributed by atoms with Crippen molar-refractivity contribution in [2.75, 3.05) is 7.11 Å². The first kappa shape index (κ1) is 11.4. The number of thiocarbonyl (C=S) groups is 1. The zero-order valence-corrected chi connectivity index (χ0v) is 10.3. The van der Waals surface area contributed by atoms with Crippen LogP contribution >= 0.6 is 23.8 Å². The Labute approximate surface area is 103 Å². The Balaban J connectivity index is 2.52. The number of aryl methyl sites for hydroxylation is 1. The maximum Gasteiger partial charge on any atom is 0.207 e. The number of aliphatic imine (C=N–C) groups is 1. The van der Waals surface area contributed by atoms with Crippen LogP contribution in [0.1, 0.15) is 17.4 Å². The second kappa shape index (κ2) is 4.04. The van der Waals surface area contributed by atoms with Crippen LogP contribution < -0.4 is 5.73 Å². The molecule has 0 amide bonds. The molecule has 16 heavy (non-hydrogen) atoms. The second-order valence-corrected chi connectivity index (χ2v) is 3.99. The number of rotatable bonds is 1. The van der Waals surface area contributed by atoms with Crippen molar-refractivity contribution in [2.45, 2.75) is 13.0 Å². The van der Waals surface area contributed by atoms with Gasteiger partial charge in [-0.25, -0.2) is 15.0 Å². The fourth-order valence-corrected chi connectivity index (χ4v) is 1.98. The SMILES string of the molecule is COC(=S)C1=Nc2nc(C)nc(Cl)c2C1N. The minimum atomic E-state index is -0.518. The molecule has 0 bridgehead atoms. The van der Waals surface area contributed by atoms with Crippen molar-refractivity contribution < 1.29 is 4.74 Å². The van der Waals surface area contributed by atoms with Gasteiger partial charge in [-0.2, -0.15) is 0 Å². The third kappa shape index (κ3) is 1.68. The molecule has 2 heterocycles. The van der Waals surface area contributed by atoms with E-state index in [4.69, 9.17) is 34.3 Å². The molecule has 0 spiro atoms. The van der Waals surface area contributed by atoms with Gasteiger partial charge < -0.3 is 10.5 Å². The molecular formula is C9H9ClN4OS. The summed E-state index contributed by atoms with van der Waals surface area (Å²) >= 11 is 11.0. The summed E-state index contributed by atoms with van der Waals surface area (Å²) in [4.78, 5) is 12.4. The number of halogens is 1. The topological polar surface area (TPSA) is 73.4 Å². The van der Waals surface area contributed by atoms with Crippen molar-refractivity contribution >= 4 is 40.4 Å². The molecule has 0 aromatic carbocycles. The van der Waals surface area contributed by atoms with Crippen molar-refractivity contribution in [3.05, 3.63) is 16.5 Å². The number of methoxy groups -OCH3 is 1. The van der Waals surface area contributed by atoms with E-state index in [2.05, 4.69) is 15.0 Å². The highest BCUT2D eigenvalue weighted by molar-refractivity contribution is 7.81. The Bertz CT molecular complexity index is 503. The summed E-state index contributed by atoms with van der Waals surface area (Å²) in [5.41, 5.74) is 7.02. The zero-order valence-electron chi connectivity index (χ0n) is 8.69. The highest BCUT2D eigenvalue weighted by Crippen LogP contribution is 2.35. The summed E-state index contributed by atoms with van der Waals surface area (Å²) in [7, 11) is 1.47. The van der Waals surface area contributed by atoms with Crippen molar-refractivity contribution in [3.8, 4) is 0 Å². The number of nitrogens with zero attached hydrogens (tertiary/aromatic N) is 3. The van der Waals surface area contributed by atoms with Crippen molar-refractivity contribution in [1.82, 2.24) is 9.97 Å². The fourth-order valence-electron chi connectivity index (χ4n) is 1.48. The van der Waals surface area contributed by atoms with E-state index in [9.17, 15) is 0 Å². The summed E-state index contributed by atoms with van der Waals surface area (Å²) in [6.45, 7) is 1.74. The van der Waals surface area contributed by atoms with Gasteiger partial charge in [0.15, 0.2) is 5.82 Å². The van der Waals surface area contributed by atoms with Crippen LogP contribution in [0.2, 0.25) is 5.15 Å². The van der Waals surface area contributed by atoms with E-state index in [-0.39, 0.29) is 5.05 Å². The lowest BCUT2D eigenvalue weighted by Gasteiger charge is -2.09. The predicted octanol–water partition coefficient (Wildman–Crippen LogP) is 1.50. The Morgan fingerprint density at radius 3 is 2.81 bits per heavy atom. The predicted molar refractivity (Wildman–Crippen MR) is 65.4 cm³/mol. The van der Waals surface area contributed by atoms with Crippen LogP contribution in [0.4, 0.5) is 5.82 Å². The van der Waals surface area contributed by atoms with Gasteiger partial charge in [-0.1, -0.05) is 11.6 Å². The summed E-state index contributed by atoms with van der Waals surface area (Å²) in [5, 5.41) is 0.562. The van der Waals surface area contributed by atoms with Gasteiger partial charge in [0.05, 0.1) is 18.7 Å². The number of nitrogens with two attached hydrogens (primary N) is 1. The quantitative estimate of drug-likeness (QED) is 0.609. The van der Waals surface area contributed by atoms with E-state index in [1.165, 1.54) is 7.11 Å². The first-order valence-electron chi connectivity index (χ1n) is 4.51. The Morgan fingerprint density at radius 1 is 1.50 bits per heavy atom. The number of aromatic nitrogens is 2. The first-order valence-corrected chi connectivity index (χ1v) is 5.29. The molecule has 1 aromatic rings. The molecule has 1 unspecified atom stereocenters. The number of hydrogen-bond acceptors (Lipinski definition) is 6. The molecule has 2 rings (SSSR count). The summed E-state index contributed by atoms with van der Waals surface area (Å²) in [5.74, 6) is 1.02. The van der Waals surface area contributed by atoms with Crippen LogP contribution in [0.5, 0.6) is 0 Å². The van der Waals surface area contributed by atoms with E-state index in [1.54, 1.807) is 6.92 Å². The molecule has 1 aliphatic heterocycles. The van der Waals surface area contributed by atoms with E-state index in [1.807, 2.05) is 0 Å². The number of ether oxygens (including phenoxy) is 1. The van der Waals surface area contributed by atoms with Gasteiger partial charge in [-0.05, 0) is 19.1 Å². The monoisotopic (exact) mass is 256 g/mol. The molecule has 1 atom stereocenters. The lowest BCUT2D eigenvalue weighted by Crippen LogP contribution is -2.25. The molecule has 0 radical (unpaired) electrons. The number of fused-ring (bicyclic) bond motifs is 1. The maximum atomic E-state index is 5.99. The van der Waals surface area contributed by atoms with Gasteiger partial charge in [0.2, 0.25) is 5.05 Å². The lowest BCUT2D eigenvalue weighted by atomic mass is 10.1. The van der Waals surface area contributed by atoms with Gasteiger partial charge in [0.1, 0.15) is 16.7 Å². The molecule has 5 nitrogen and oxygen atoms in total. The lowest BCUT2D eigenvalue weighted by molar-refractivity contribution is 0.420. The molecule has 7 heteroatoms. The minimum absolute atomic E-state index is 0.249. The maximum absolute atomic E-state index is 5.99. The van der Waals surface area contributed by atoms with E-state index >= 15 is 0 Å². The summed E-state index contributed by atoms with van der Waals surface area (Å²) in [6.07, 6.45) is 0. The largest absolute Gasteiger partial charge is 0.485 e. The number of hydrogen-bond donors (Lipinski definition) is 1. The first-order chi connectivity index (χ1) is 7.54. The second-order valence-electron chi connectivity index (χ2n) is 3.27. The van der Waals surface area contributed by atoms with Crippen LogP contribution in [0.15, 0.2) is 4.99 Å². The van der Waals surface area contributed by atoms with Gasteiger partial charge in [-0.3, -0.25) is 0 Å². The molecule has 84 valence electrons. The highest BCUT2D eigenvalue weighted by atomic mass is 35.5. The van der Waals surface area contributed by atoms with Crippen LogP contribution in [-0.4, -0.2) is 27.8 Å². The molecule has 0 saturated heterocycles. The van der Waals surface area contributed by atoms with E-state index in [0.717, 1.165) is 0 Å². The molecule has 1 aromatic heterocycles.